The summed E-state index contributed by atoms with van der Waals surface area (Å²) < 4.78 is 3.93. The van der Waals surface area contributed by atoms with Crippen LogP contribution in [0.3, 0.4) is 0 Å². The van der Waals surface area contributed by atoms with Gasteiger partial charge in [0.25, 0.3) is 0 Å². The second kappa shape index (κ2) is 7.32. The first-order valence-electron chi connectivity index (χ1n) is 9.57. The van der Waals surface area contributed by atoms with Gasteiger partial charge in [0, 0.05) is 11.1 Å². The molecule has 0 aliphatic carbocycles. The van der Waals surface area contributed by atoms with E-state index in [1.807, 2.05) is 54.1 Å². The summed E-state index contributed by atoms with van der Waals surface area (Å²) in [5.41, 5.74) is 6.20. The van der Waals surface area contributed by atoms with Crippen molar-refractivity contribution in [3.05, 3.63) is 83.2 Å². The minimum absolute atomic E-state index is 0.557. The Hall–Kier alpha value is -3.63. The van der Waals surface area contributed by atoms with Crippen molar-refractivity contribution in [2.45, 2.75) is 24.8 Å². The lowest BCUT2D eigenvalue weighted by atomic mass is 10.1. The minimum atomic E-state index is 0.557. The number of nitrogens with zero attached hydrogens (tertiary/aromatic N) is 6. The number of benzene rings is 2. The number of para-hydroxylation sites is 2. The minimum Gasteiger partial charge on any atom is -0.270 e. The van der Waals surface area contributed by atoms with Crippen LogP contribution >= 0.6 is 11.8 Å². The van der Waals surface area contributed by atoms with Crippen LogP contribution in [0.2, 0.25) is 0 Å². The van der Waals surface area contributed by atoms with E-state index in [2.05, 4.69) is 50.9 Å². The van der Waals surface area contributed by atoms with Gasteiger partial charge in [0.2, 0.25) is 0 Å². The molecule has 3 aromatic heterocycles. The van der Waals surface area contributed by atoms with Crippen molar-refractivity contribution in [2.75, 3.05) is 0 Å². The quantitative estimate of drug-likeness (QED) is 0.396. The average molecular weight is 411 g/mol. The standard InChI is InChI=1S/C23H18N6S/c1-15-12-22-25-26-23(28(22)20-11-7-6-10-18(15)20)30-14-21-19(13-24)16(2)27-29(21)17-8-4-3-5-9-17/h3-12H,14H2,1-2H3. The maximum atomic E-state index is 9.71. The number of rotatable bonds is 4. The molecule has 0 aliphatic heterocycles. The number of hydrogen-bond acceptors (Lipinski definition) is 5. The lowest BCUT2D eigenvalue weighted by Crippen LogP contribution is -2.02. The Labute approximate surface area is 177 Å². The first-order valence-corrected chi connectivity index (χ1v) is 10.6. The fraction of sp³-hybridized carbons (Fsp3) is 0.130. The normalized spacial score (nSPS) is 11.2. The Morgan fingerprint density at radius 3 is 2.57 bits per heavy atom. The van der Waals surface area contributed by atoms with Crippen molar-refractivity contribution >= 4 is 28.3 Å². The zero-order valence-corrected chi connectivity index (χ0v) is 17.4. The van der Waals surface area contributed by atoms with Crippen molar-refractivity contribution in [1.82, 2.24) is 24.4 Å². The highest BCUT2D eigenvalue weighted by molar-refractivity contribution is 7.98. The average Bonchev–Trinajstić information content (AvgIpc) is 3.33. The molecule has 0 N–H and O–H groups in total. The third-order valence-electron chi connectivity index (χ3n) is 5.18. The summed E-state index contributed by atoms with van der Waals surface area (Å²) in [6.45, 7) is 3.96. The van der Waals surface area contributed by atoms with Gasteiger partial charge in [-0.2, -0.15) is 10.4 Å². The van der Waals surface area contributed by atoms with Crippen molar-refractivity contribution in [3.8, 4) is 11.8 Å². The van der Waals surface area contributed by atoms with E-state index in [9.17, 15) is 5.26 Å². The maximum Gasteiger partial charge on any atom is 0.196 e. The molecule has 5 aromatic rings. The number of aryl methyl sites for hydroxylation is 2. The molecule has 6 nitrogen and oxygen atoms in total. The zero-order chi connectivity index (χ0) is 20.7. The van der Waals surface area contributed by atoms with Gasteiger partial charge in [-0.15, -0.1) is 10.2 Å². The van der Waals surface area contributed by atoms with Gasteiger partial charge in [0.05, 0.1) is 28.2 Å². The van der Waals surface area contributed by atoms with Crippen molar-refractivity contribution in [2.24, 2.45) is 0 Å². The lowest BCUT2D eigenvalue weighted by molar-refractivity contribution is 0.827. The fourth-order valence-corrected chi connectivity index (χ4v) is 4.69. The van der Waals surface area contributed by atoms with Crippen molar-refractivity contribution in [1.29, 1.82) is 5.26 Å². The molecule has 0 amide bonds. The second-order valence-electron chi connectivity index (χ2n) is 7.08. The maximum absolute atomic E-state index is 9.71. The van der Waals surface area contributed by atoms with Gasteiger partial charge in [-0.05, 0) is 43.7 Å². The van der Waals surface area contributed by atoms with Crippen LogP contribution in [0, 0.1) is 25.2 Å². The Kier molecular flexibility index (Phi) is 4.49. The van der Waals surface area contributed by atoms with Crippen LogP contribution in [0.4, 0.5) is 0 Å². The number of hydrogen-bond donors (Lipinski definition) is 0. The third-order valence-corrected chi connectivity index (χ3v) is 6.12. The van der Waals surface area contributed by atoms with Crippen LogP contribution in [0.5, 0.6) is 0 Å². The molecule has 5 rings (SSSR count). The molecule has 0 aliphatic rings. The van der Waals surface area contributed by atoms with E-state index in [-0.39, 0.29) is 0 Å². The molecule has 7 heteroatoms. The number of fused-ring (bicyclic) bond motifs is 3. The predicted octanol–water partition coefficient (Wildman–Crippen LogP) is 4.85. The molecular formula is C23H18N6S. The van der Waals surface area contributed by atoms with Gasteiger partial charge in [0.15, 0.2) is 10.8 Å². The number of thioether (sulfide) groups is 1. The van der Waals surface area contributed by atoms with Crippen LogP contribution in [-0.2, 0) is 5.75 Å². The van der Waals surface area contributed by atoms with E-state index in [0.29, 0.717) is 11.3 Å². The highest BCUT2D eigenvalue weighted by atomic mass is 32.2. The van der Waals surface area contributed by atoms with E-state index in [1.165, 1.54) is 10.9 Å². The molecule has 0 bridgehead atoms. The number of nitriles is 1. The zero-order valence-electron chi connectivity index (χ0n) is 16.6. The van der Waals surface area contributed by atoms with Gasteiger partial charge >= 0.3 is 0 Å². The van der Waals surface area contributed by atoms with Crippen LogP contribution in [0.15, 0.2) is 65.8 Å². The van der Waals surface area contributed by atoms with Gasteiger partial charge < -0.3 is 0 Å². The van der Waals surface area contributed by atoms with E-state index >= 15 is 0 Å². The Morgan fingerprint density at radius 1 is 1.00 bits per heavy atom. The number of aromatic nitrogens is 5. The van der Waals surface area contributed by atoms with E-state index in [1.54, 1.807) is 11.8 Å². The monoisotopic (exact) mass is 410 g/mol. The summed E-state index contributed by atoms with van der Waals surface area (Å²) >= 11 is 1.56. The predicted molar refractivity (Wildman–Crippen MR) is 118 cm³/mol. The molecule has 0 fully saturated rings. The Morgan fingerprint density at radius 2 is 1.77 bits per heavy atom. The topological polar surface area (TPSA) is 71.8 Å². The molecule has 30 heavy (non-hydrogen) atoms. The van der Waals surface area contributed by atoms with Gasteiger partial charge in [-0.1, -0.05) is 48.2 Å². The van der Waals surface area contributed by atoms with Gasteiger partial charge in [0.1, 0.15) is 6.07 Å². The smallest absolute Gasteiger partial charge is 0.196 e. The molecule has 0 saturated carbocycles. The van der Waals surface area contributed by atoms with Crippen LogP contribution in [-0.4, -0.2) is 24.4 Å². The van der Waals surface area contributed by atoms with Crippen molar-refractivity contribution in [3.63, 3.8) is 0 Å². The SMILES string of the molecule is Cc1nn(-c2ccccc2)c(CSc2nnc3cc(C)c4ccccc4n23)c1C#N. The fourth-order valence-electron chi connectivity index (χ4n) is 3.74. The second-order valence-corrected chi connectivity index (χ2v) is 8.02. The van der Waals surface area contributed by atoms with Crippen molar-refractivity contribution < 1.29 is 0 Å². The largest absolute Gasteiger partial charge is 0.270 e. The van der Waals surface area contributed by atoms with Crippen LogP contribution in [0.25, 0.3) is 22.2 Å². The van der Waals surface area contributed by atoms with E-state index in [4.69, 9.17) is 0 Å². The van der Waals surface area contributed by atoms with Crippen LogP contribution < -0.4 is 0 Å². The molecule has 0 spiro atoms. The van der Waals surface area contributed by atoms with Crippen LogP contribution in [0.1, 0.15) is 22.5 Å². The molecule has 0 unspecified atom stereocenters. The summed E-state index contributed by atoms with van der Waals surface area (Å²) in [6.07, 6.45) is 0. The summed E-state index contributed by atoms with van der Waals surface area (Å²) in [4.78, 5) is 0. The Bertz CT molecular complexity index is 1430. The Balaban J connectivity index is 1.59. The first-order chi connectivity index (χ1) is 14.7. The summed E-state index contributed by atoms with van der Waals surface area (Å²) in [6, 6.07) is 22.5. The number of pyridine rings is 1. The lowest BCUT2D eigenvalue weighted by Gasteiger charge is -2.09. The molecule has 2 aromatic carbocycles. The molecule has 3 heterocycles. The molecule has 0 atom stereocenters. The van der Waals surface area contributed by atoms with E-state index in [0.717, 1.165) is 33.4 Å². The van der Waals surface area contributed by atoms with E-state index < -0.39 is 0 Å². The summed E-state index contributed by atoms with van der Waals surface area (Å²) in [5.74, 6) is 0.557. The highest BCUT2D eigenvalue weighted by Crippen LogP contribution is 2.29. The molecule has 0 saturated heterocycles. The molecule has 0 radical (unpaired) electrons. The summed E-state index contributed by atoms with van der Waals surface area (Å²) in [7, 11) is 0. The highest BCUT2D eigenvalue weighted by Gasteiger charge is 2.18. The van der Waals surface area contributed by atoms with Gasteiger partial charge in [-0.25, -0.2) is 4.68 Å². The third kappa shape index (κ3) is 2.93. The first kappa shape index (κ1) is 18.4. The van der Waals surface area contributed by atoms with Gasteiger partial charge in [-0.3, -0.25) is 4.40 Å². The molecule has 146 valence electrons. The summed E-state index contributed by atoms with van der Waals surface area (Å²) in [5, 5.41) is 25.1. The molecular weight excluding hydrogens is 392 g/mol.